The van der Waals surface area contributed by atoms with Crippen LogP contribution in [0, 0.1) is 17.1 Å². The first-order valence-electron chi connectivity index (χ1n) is 8.06. The number of carbonyl (C=O) groups excluding carboxylic acids is 1. The zero-order valence-corrected chi connectivity index (χ0v) is 15.4. The van der Waals surface area contributed by atoms with Crippen LogP contribution in [-0.2, 0) is 6.18 Å². The van der Waals surface area contributed by atoms with E-state index in [1.807, 2.05) is 0 Å². The molecule has 152 valence electrons. The van der Waals surface area contributed by atoms with Crippen molar-refractivity contribution in [1.82, 2.24) is 5.16 Å². The molecule has 3 aromatic rings. The lowest BCUT2D eigenvalue weighted by Crippen LogP contribution is -2.14. The average Bonchev–Trinajstić information content (AvgIpc) is 3.18. The summed E-state index contributed by atoms with van der Waals surface area (Å²) in [5.41, 5.74) is 0.493. The number of Topliss-reactive ketones (excluding diaryl/α,β-unsaturated/α-hetero) is 1. The number of aromatic nitrogens is 1. The SMILES string of the molecule is N#CC(=NNc1cc(Cl)cc(C(F)(F)F)c1)C(=O)c1cc(-c2ccc(F)cc2)on1. The molecule has 30 heavy (non-hydrogen) atoms. The molecule has 0 amide bonds. The van der Waals surface area contributed by atoms with E-state index in [1.165, 1.54) is 36.4 Å². The van der Waals surface area contributed by atoms with Gasteiger partial charge in [0.05, 0.1) is 11.3 Å². The summed E-state index contributed by atoms with van der Waals surface area (Å²) >= 11 is 5.67. The molecule has 3 rings (SSSR count). The van der Waals surface area contributed by atoms with Crippen LogP contribution in [0.3, 0.4) is 0 Å². The Kier molecular flexibility index (Phi) is 5.84. The summed E-state index contributed by atoms with van der Waals surface area (Å²) in [6, 6.07) is 10.5. The number of hydrogen-bond donors (Lipinski definition) is 1. The standard InChI is InChI=1S/C19H9ClF4N4O2/c20-12-5-11(19(22,23)24)6-14(7-12)26-27-16(9-25)18(29)15-8-17(30-28-15)10-1-3-13(21)4-2-10/h1-8,26H. The first-order chi connectivity index (χ1) is 14.2. The van der Waals surface area contributed by atoms with Gasteiger partial charge in [-0.15, -0.1) is 0 Å². The van der Waals surface area contributed by atoms with Crippen molar-refractivity contribution >= 4 is 28.8 Å². The quantitative estimate of drug-likeness (QED) is 0.253. The molecule has 1 heterocycles. The Bertz CT molecular complexity index is 1160. The normalized spacial score (nSPS) is 11.8. The number of halogens is 5. The molecule has 0 aliphatic carbocycles. The third-order valence-electron chi connectivity index (χ3n) is 3.71. The lowest BCUT2D eigenvalue weighted by Gasteiger charge is -2.09. The van der Waals surface area contributed by atoms with Crippen molar-refractivity contribution in [3.05, 3.63) is 70.6 Å². The fourth-order valence-corrected chi connectivity index (χ4v) is 2.55. The van der Waals surface area contributed by atoms with Gasteiger partial charge in [0.2, 0.25) is 11.5 Å². The van der Waals surface area contributed by atoms with Crippen LogP contribution in [0.1, 0.15) is 16.1 Å². The predicted molar refractivity (Wildman–Crippen MR) is 99.4 cm³/mol. The molecule has 0 saturated carbocycles. The van der Waals surface area contributed by atoms with E-state index in [-0.39, 0.29) is 22.2 Å². The molecular formula is C19H9ClF4N4O2. The van der Waals surface area contributed by atoms with Gasteiger partial charge in [0.15, 0.2) is 11.5 Å². The van der Waals surface area contributed by atoms with Gasteiger partial charge in [-0.2, -0.15) is 23.5 Å². The summed E-state index contributed by atoms with van der Waals surface area (Å²) in [5.74, 6) is -1.25. The van der Waals surface area contributed by atoms with Crippen molar-refractivity contribution in [1.29, 1.82) is 5.26 Å². The maximum Gasteiger partial charge on any atom is 0.416 e. The highest BCUT2D eigenvalue weighted by Crippen LogP contribution is 2.33. The van der Waals surface area contributed by atoms with Crippen molar-refractivity contribution in [3.8, 4) is 17.4 Å². The van der Waals surface area contributed by atoms with Gasteiger partial charge in [-0.3, -0.25) is 10.2 Å². The lowest BCUT2D eigenvalue weighted by atomic mass is 10.1. The minimum atomic E-state index is -4.64. The van der Waals surface area contributed by atoms with Crippen LogP contribution in [0.15, 0.2) is 58.2 Å². The highest BCUT2D eigenvalue weighted by atomic mass is 35.5. The number of nitriles is 1. The summed E-state index contributed by atoms with van der Waals surface area (Å²) in [6.07, 6.45) is -4.64. The van der Waals surface area contributed by atoms with Gasteiger partial charge in [-0.05, 0) is 42.5 Å². The van der Waals surface area contributed by atoms with Crippen molar-refractivity contribution in [2.75, 3.05) is 5.43 Å². The topological polar surface area (TPSA) is 91.3 Å². The maximum atomic E-state index is 13.0. The number of rotatable bonds is 5. The summed E-state index contributed by atoms with van der Waals surface area (Å²) in [6.45, 7) is 0. The first-order valence-corrected chi connectivity index (χ1v) is 8.44. The highest BCUT2D eigenvalue weighted by molar-refractivity contribution is 6.51. The maximum absolute atomic E-state index is 13.0. The highest BCUT2D eigenvalue weighted by Gasteiger charge is 2.31. The van der Waals surface area contributed by atoms with Crippen LogP contribution in [0.5, 0.6) is 0 Å². The predicted octanol–water partition coefficient (Wildman–Crippen LogP) is 5.33. The molecule has 0 spiro atoms. The third-order valence-corrected chi connectivity index (χ3v) is 3.93. The van der Waals surface area contributed by atoms with Gasteiger partial charge in [0.25, 0.3) is 0 Å². The smallest absolute Gasteiger partial charge is 0.356 e. The fraction of sp³-hybridized carbons (Fsp3) is 0.0526. The molecule has 0 aliphatic heterocycles. The van der Waals surface area contributed by atoms with Crippen LogP contribution in [0.4, 0.5) is 23.2 Å². The van der Waals surface area contributed by atoms with Crippen molar-refractivity contribution < 1.29 is 26.9 Å². The Morgan fingerprint density at radius 3 is 2.50 bits per heavy atom. The molecule has 0 atom stereocenters. The summed E-state index contributed by atoms with van der Waals surface area (Å²) in [5, 5.41) is 16.1. The Labute approximate surface area is 171 Å². The van der Waals surface area contributed by atoms with Crippen LogP contribution < -0.4 is 5.43 Å². The van der Waals surface area contributed by atoms with Crippen LogP contribution in [-0.4, -0.2) is 16.7 Å². The third kappa shape index (κ3) is 4.82. The van der Waals surface area contributed by atoms with Crippen molar-refractivity contribution in [3.63, 3.8) is 0 Å². The number of benzene rings is 2. The number of hydrogen-bond acceptors (Lipinski definition) is 6. The van der Waals surface area contributed by atoms with Gasteiger partial charge in [-0.25, -0.2) is 4.39 Å². The van der Waals surface area contributed by atoms with E-state index >= 15 is 0 Å². The zero-order chi connectivity index (χ0) is 21.9. The van der Waals surface area contributed by atoms with E-state index < -0.39 is 29.1 Å². The average molecular weight is 437 g/mol. The Morgan fingerprint density at radius 1 is 1.17 bits per heavy atom. The summed E-state index contributed by atoms with van der Waals surface area (Å²) in [4.78, 5) is 12.4. The molecule has 1 N–H and O–H groups in total. The van der Waals surface area contributed by atoms with E-state index in [0.29, 0.717) is 5.56 Å². The number of hydrazone groups is 1. The fourth-order valence-electron chi connectivity index (χ4n) is 2.32. The molecule has 2 aromatic carbocycles. The second kappa shape index (κ2) is 8.34. The number of nitrogens with zero attached hydrogens (tertiary/aromatic N) is 3. The van der Waals surface area contributed by atoms with E-state index in [1.54, 1.807) is 0 Å². The molecular weight excluding hydrogens is 428 g/mol. The molecule has 11 heteroatoms. The largest absolute Gasteiger partial charge is 0.416 e. The van der Waals surface area contributed by atoms with E-state index in [2.05, 4.69) is 15.7 Å². The number of anilines is 1. The summed E-state index contributed by atoms with van der Waals surface area (Å²) in [7, 11) is 0. The number of alkyl halides is 3. The van der Waals surface area contributed by atoms with Gasteiger partial charge < -0.3 is 4.52 Å². The number of carbonyl (C=O) groups is 1. The number of ketones is 1. The lowest BCUT2D eigenvalue weighted by molar-refractivity contribution is -0.137. The van der Waals surface area contributed by atoms with Gasteiger partial charge in [-0.1, -0.05) is 16.8 Å². The van der Waals surface area contributed by atoms with Crippen LogP contribution >= 0.6 is 11.6 Å². The van der Waals surface area contributed by atoms with E-state index in [4.69, 9.17) is 16.1 Å². The molecule has 0 unspecified atom stereocenters. The molecule has 6 nitrogen and oxygen atoms in total. The summed E-state index contributed by atoms with van der Waals surface area (Å²) < 4.78 is 56.6. The van der Waals surface area contributed by atoms with Crippen molar-refractivity contribution in [2.45, 2.75) is 6.18 Å². The van der Waals surface area contributed by atoms with E-state index in [0.717, 1.165) is 18.2 Å². The molecule has 0 saturated heterocycles. The molecule has 0 aliphatic rings. The Hall–Kier alpha value is -3.71. The van der Waals surface area contributed by atoms with Crippen molar-refractivity contribution in [2.24, 2.45) is 5.10 Å². The van der Waals surface area contributed by atoms with Gasteiger partial charge in [0.1, 0.15) is 11.9 Å². The molecule has 0 fully saturated rings. The minimum absolute atomic E-state index is 0.147. The molecule has 0 radical (unpaired) electrons. The van der Waals surface area contributed by atoms with Crippen LogP contribution in [0.2, 0.25) is 5.02 Å². The zero-order valence-electron chi connectivity index (χ0n) is 14.7. The van der Waals surface area contributed by atoms with E-state index in [9.17, 15) is 27.6 Å². The van der Waals surface area contributed by atoms with Gasteiger partial charge in [0, 0.05) is 16.7 Å². The van der Waals surface area contributed by atoms with Gasteiger partial charge >= 0.3 is 6.18 Å². The molecule has 0 bridgehead atoms. The Morgan fingerprint density at radius 2 is 1.87 bits per heavy atom. The monoisotopic (exact) mass is 436 g/mol. The first kappa shape index (κ1) is 21.0. The van der Waals surface area contributed by atoms with Crippen LogP contribution in [0.25, 0.3) is 11.3 Å². The second-order valence-electron chi connectivity index (χ2n) is 5.82. The minimum Gasteiger partial charge on any atom is -0.356 e. The Balaban J connectivity index is 1.82. The second-order valence-corrected chi connectivity index (χ2v) is 6.26. The molecule has 1 aromatic heterocycles. The number of nitrogens with one attached hydrogen (secondary N) is 1.